The Labute approximate surface area is 204 Å². The first kappa shape index (κ1) is 23.9. The van der Waals surface area contributed by atoms with E-state index < -0.39 is 17.7 Å². The lowest BCUT2D eigenvalue weighted by Crippen LogP contribution is -2.29. The number of ketones is 1. The van der Waals surface area contributed by atoms with Gasteiger partial charge in [-0.25, -0.2) is 0 Å². The second-order valence-electron chi connectivity index (χ2n) is 8.08. The Hall–Kier alpha value is -4.26. The fourth-order valence-electron chi connectivity index (χ4n) is 4.27. The molecular weight excluding hydrogens is 446 g/mol. The Balaban J connectivity index is 1.97. The zero-order valence-electron chi connectivity index (χ0n) is 20.1. The van der Waals surface area contributed by atoms with Crippen LogP contribution in [0.25, 0.3) is 5.76 Å². The Morgan fingerprint density at radius 3 is 2.40 bits per heavy atom. The highest BCUT2D eigenvalue weighted by molar-refractivity contribution is 6.51. The lowest BCUT2D eigenvalue weighted by molar-refractivity contribution is -0.132. The molecule has 4 rings (SSSR count). The number of carbonyl (C=O) groups excluding carboxylic acids is 2. The van der Waals surface area contributed by atoms with E-state index in [4.69, 9.17) is 14.2 Å². The summed E-state index contributed by atoms with van der Waals surface area (Å²) in [6.07, 6.45) is 0. The molecule has 1 amide bonds. The number of aliphatic hydroxyl groups is 1. The van der Waals surface area contributed by atoms with E-state index in [2.05, 4.69) is 0 Å². The maximum atomic E-state index is 13.4. The molecule has 0 aliphatic carbocycles. The first-order valence-corrected chi connectivity index (χ1v) is 11.2. The SMILES string of the molecule is CCOc1cccc(C2/C(=C(\O)c3ccc(OC)cc3OC)C(=O)C(=O)N2c2cccc(C)c2)c1. The monoisotopic (exact) mass is 473 g/mol. The summed E-state index contributed by atoms with van der Waals surface area (Å²) >= 11 is 0. The molecule has 1 N–H and O–H groups in total. The van der Waals surface area contributed by atoms with Gasteiger partial charge in [-0.1, -0.05) is 24.3 Å². The minimum Gasteiger partial charge on any atom is -0.507 e. The summed E-state index contributed by atoms with van der Waals surface area (Å²) in [7, 11) is 2.98. The van der Waals surface area contributed by atoms with Crippen LogP contribution in [0.1, 0.15) is 29.7 Å². The third-order valence-electron chi connectivity index (χ3n) is 5.87. The molecule has 7 nitrogen and oxygen atoms in total. The highest BCUT2D eigenvalue weighted by Crippen LogP contribution is 2.44. The molecule has 1 unspecified atom stereocenters. The standard InChI is InChI=1S/C28H27NO6/c1-5-35-21-11-7-9-18(15-21)25-24(26(30)22-13-12-20(33-3)16-23(22)34-4)27(31)28(32)29(25)19-10-6-8-17(2)14-19/h6-16,25,30H,5H2,1-4H3/b26-24+. The lowest BCUT2D eigenvalue weighted by atomic mass is 9.94. The molecule has 7 heteroatoms. The van der Waals surface area contributed by atoms with Gasteiger partial charge in [-0.2, -0.15) is 0 Å². The summed E-state index contributed by atoms with van der Waals surface area (Å²) in [5.41, 5.74) is 2.36. The fraction of sp³-hybridized carbons (Fsp3) is 0.214. The second-order valence-corrected chi connectivity index (χ2v) is 8.08. The molecule has 180 valence electrons. The topological polar surface area (TPSA) is 85.3 Å². The molecule has 1 atom stereocenters. The Bertz CT molecular complexity index is 1310. The van der Waals surface area contributed by atoms with Crippen molar-refractivity contribution in [2.75, 3.05) is 25.7 Å². The van der Waals surface area contributed by atoms with E-state index in [-0.39, 0.29) is 16.9 Å². The van der Waals surface area contributed by atoms with Crippen LogP contribution in [0.3, 0.4) is 0 Å². The van der Waals surface area contributed by atoms with Crippen LogP contribution < -0.4 is 19.1 Å². The summed E-state index contributed by atoms with van der Waals surface area (Å²) < 4.78 is 16.4. The van der Waals surface area contributed by atoms with Gasteiger partial charge in [0.25, 0.3) is 11.7 Å². The predicted molar refractivity (Wildman–Crippen MR) is 133 cm³/mol. The predicted octanol–water partition coefficient (Wildman–Crippen LogP) is 5.04. The third-order valence-corrected chi connectivity index (χ3v) is 5.87. The largest absolute Gasteiger partial charge is 0.507 e. The zero-order chi connectivity index (χ0) is 25.1. The number of carbonyl (C=O) groups is 2. The smallest absolute Gasteiger partial charge is 0.300 e. The second kappa shape index (κ2) is 9.93. The molecule has 35 heavy (non-hydrogen) atoms. The molecule has 0 radical (unpaired) electrons. The van der Waals surface area contributed by atoms with Crippen molar-refractivity contribution < 1.29 is 28.9 Å². The van der Waals surface area contributed by atoms with Crippen LogP contribution in [0.5, 0.6) is 17.2 Å². The zero-order valence-corrected chi connectivity index (χ0v) is 20.1. The number of aliphatic hydroxyl groups excluding tert-OH is 1. The van der Waals surface area contributed by atoms with Crippen molar-refractivity contribution in [2.24, 2.45) is 0 Å². The minimum absolute atomic E-state index is 0.0337. The van der Waals surface area contributed by atoms with Crippen LogP contribution in [0.15, 0.2) is 72.3 Å². The number of hydrogen-bond acceptors (Lipinski definition) is 6. The van der Waals surface area contributed by atoms with E-state index in [1.54, 1.807) is 48.5 Å². The molecule has 3 aromatic carbocycles. The molecule has 0 aromatic heterocycles. The number of Topliss-reactive ketones (excluding diaryl/α,β-unsaturated/α-hetero) is 1. The van der Waals surface area contributed by atoms with Crippen molar-refractivity contribution in [3.05, 3.63) is 89.0 Å². The van der Waals surface area contributed by atoms with Crippen LogP contribution >= 0.6 is 0 Å². The molecule has 1 saturated heterocycles. The number of aryl methyl sites for hydroxylation is 1. The van der Waals surface area contributed by atoms with E-state index >= 15 is 0 Å². The number of methoxy groups -OCH3 is 2. The minimum atomic E-state index is -0.871. The molecule has 1 aliphatic heterocycles. The van der Waals surface area contributed by atoms with Gasteiger partial charge in [-0.3, -0.25) is 14.5 Å². The van der Waals surface area contributed by atoms with Crippen LogP contribution in [0.2, 0.25) is 0 Å². The summed E-state index contributed by atoms with van der Waals surface area (Å²) in [5.74, 6) is -0.401. The van der Waals surface area contributed by atoms with Crippen molar-refractivity contribution in [3.8, 4) is 17.2 Å². The van der Waals surface area contributed by atoms with Gasteiger partial charge in [0.15, 0.2) is 0 Å². The maximum Gasteiger partial charge on any atom is 0.300 e. The molecule has 3 aromatic rings. The first-order valence-electron chi connectivity index (χ1n) is 11.2. The van der Waals surface area contributed by atoms with E-state index in [1.807, 2.05) is 32.0 Å². The molecule has 0 bridgehead atoms. The van der Waals surface area contributed by atoms with E-state index in [0.717, 1.165) is 5.56 Å². The lowest BCUT2D eigenvalue weighted by Gasteiger charge is -2.26. The average molecular weight is 474 g/mol. The van der Waals surface area contributed by atoms with Crippen molar-refractivity contribution in [1.29, 1.82) is 0 Å². The molecule has 1 fully saturated rings. The van der Waals surface area contributed by atoms with Crippen LogP contribution in [0.4, 0.5) is 5.69 Å². The third kappa shape index (κ3) is 4.45. The van der Waals surface area contributed by atoms with Gasteiger partial charge in [-0.15, -0.1) is 0 Å². The first-order chi connectivity index (χ1) is 16.9. The number of benzene rings is 3. The van der Waals surface area contributed by atoms with Gasteiger partial charge in [0.05, 0.1) is 38.0 Å². The van der Waals surface area contributed by atoms with Gasteiger partial charge in [-0.05, 0) is 61.4 Å². The highest BCUT2D eigenvalue weighted by atomic mass is 16.5. The summed E-state index contributed by atoms with van der Waals surface area (Å²) in [5, 5.41) is 11.4. The van der Waals surface area contributed by atoms with Crippen molar-refractivity contribution in [1.82, 2.24) is 0 Å². The van der Waals surface area contributed by atoms with Crippen molar-refractivity contribution >= 4 is 23.1 Å². The normalized spacial score (nSPS) is 16.9. The Morgan fingerprint density at radius 1 is 0.943 bits per heavy atom. The molecule has 1 heterocycles. The quantitative estimate of drug-likeness (QED) is 0.294. The fourth-order valence-corrected chi connectivity index (χ4v) is 4.27. The summed E-state index contributed by atoms with van der Waals surface area (Å²) in [6, 6.07) is 18.5. The van der Waals surface area contributed by atoms with Gasteiger partial charge in [0, 0.05) is 11.8 Å². The van der Waals surface area contributed by atoms with Crippen LogP contribution in [-0.2, 0) is 9.59 Å². The molecule has 1 aliphatic rings. The Morgan fingerprint density at radius 2 is 1.71 bits per heavy atom. The molecule has 0 saturated carbocycles. The number of anilines is 1. The number of rotatable bonds is 7. The van der Waals surface area contributed by atoms with Gasteiger partial charge >= 0.3 is 0 Å². The van der Waals surface area contributed by atoms with Gasteiger partial charge in [0.2, 0.25) is 0 Å². The van der Waals surface area contributed by atoms with Crippen LogP contribution in [0, 0.1) is 6.92 Å². The van der Waals surface area contributed by atoms with E-state index in [0.29, 0.717) is 35.1 Å². The van der Waals surface area contributed by atoms with Gasteiger partial charge < -0.3 is 19.3 Å². The van der Waals surface area contributed by atoms with Gasteiger partial charge in [0.1, 0.15) is 23.0 Å². The summed E-state index contributed by atoms with van der Waals surface area (Å²) in [4.78, 5) is 28.2. The van der Waals surface area contributed by atoms with Crippen molar-refractivity contribution in [2.45, 2.75) is 19.9 Å². The number of ether oxygens (including phenoxy) is 3. The number of hydrogen-bond donors (Lipinski definition) is 1. The molecular formula is C28H27NO6. The number of amides is 1. The van der Waals surface area contributed by atoms with E-state index in [1.165, 1.54) is 19.1 Å². The highest BCUT2D eigenvalue weighted by Gasteiger charge is 2.47. The average Bonchev–Trinajstić information content (AvgIpc) is 3.14. The molecule has 0 spiro atoms. The Kier molecular flexibility index (Phi) is 6.78. The number of nitrogens with zero attached hydrogens (tertiary/aromatic N) is 1. The van der Waals surface area contributed by atoms with Crippen molar-refractivity contribution in [3.63, 3.8) is 0 Å². The van der Waals surface area contributed by atoms with Crippen LogP contribution in [-0.4, -0.2) is 37.6 Å². The summed E-state index contributed by atoms with van der Waals surface area (Å²) in [6.45, 7) is 4.25. The van der Waals surface area contributed by atoms with E-state index in [9.17, 15) is 14.7 Å². The maximum absolute atomic E-state index is 13.4.